The fraction of sp³-hybridized carbons (Fsp3) is 0. The third-order valence-corrected chi connectivity index (χ3v) is 12.2. The molecule has 12 aromatic rings. The van der Waals surface area contributed by atoms with E-state index in [1.54, 1.807) is 11.3 Å². The van der Waals surface area contributed by atoms with Crippen LogP contribution in [0.15, 0.2) is 186 Å². The molecule has 0 aliphatic carbocycles. The smallest absolute Gasteiger partial charge is 0.164 e. The van der Waals surface area contributed by atoms with Gasteiger partial charge in [0.2, 0.25) is 0 Å². The summed E-state index contributed by atoms with van der Waals surface area (Å²) in [6, 6.07) is 63.8. The predicted octanol–water partition coefficient (Wildman–Crippen LogP) is 13.9. The van der Waals surface area contributed by atoms with Crippen LogP contribution in [0.2, 0.25) is 0 Å². The average Bonchev–Trinajstić information content (AvgIpc) is 3.96. The van der Waals surface area contributed by atoms with Gasteiger partial charge in [0.05, 0.1) is 11.0 Å². The lowest BCUT2D eigenvalue weighted by Crippen LogP contribution is -2.00. The van der Waals surface area contributed by atoms with Crippen LogP contribution < -0.4 is 0 Å². The molecule has 0 fully saturated rings. The molecule has 0 aliphatic rings. The van der Waals surface area contributed by atoms with Gasteiger partial charge in [0.15, 0.2) is 23.1 Å². The molecule has 0 saturated heterocycles. The molecule has 5 nitrogen and oxygen atoms in total. The lowest BCUT2D eigenvalue weighted by Gasteiger charge is -2.09. The van der Waals surface area contributed by atoms with Crippen molar-refractivity contribution >= 4 is 75.3 Å². The van der Waals surface area contributed by atoms with E-state index in [0.29, 0.717) is 17.5 Å². The van der Waals surface area contributed by atoms with Gasteiger partial charge in [0, 0.05) is 64.1 Å². The molecule has 0 saturated carbocycles. The number of benzene rings is 8. The summed E-state index contributed by atoms with van der Waals surface area (Å²) >= 11 is 1.79. The first kappa shape index (κ1) is 31.9. The van der Waals surface area contributed by atoms with Crippen molar-refractivity contribution in [2.45, 2.75) is 0 Å². The highest BCUT2D eigenvalue weighted by Gasteiger charge is 2.21. The molecule has 0 N–H and O–H groups in total. The van der Waals surface area contributed by atoms with Gasteiger partial charge in [-0.15, -0.1) is 11.3 Å². The van der Waals surface area contributed by atoms with E-state index in [1.807, 2.05) is 36.4 Å². The molecule has 0 atom stereocenters. The molecule has 6 heteroatoms. The maximum Gasteiger partial charge on any atom is 0.164 e. The summed E-state index contributed by atoms with van der Waals surface area (Å²) in [7, 11) is 0. The van der Waals surface area contributed by atoms with Gasteiger partial charge in [-0.1, -0.05) is 127 Å². The molecular weight excluding hydrogens is 717 g/mol. The SMILES string of the molecule is c1ccc(-c2ccc(-n3c4ccccc4c4ccc5c6cc(-c7nc(-c8ccccc8)nc(-c8ccc9c(c8)sc8ccccc89)n7)ccc6oc5c43)cc2)cc1. The van der Waals surface area contributed by atoms with E-state index in [0.717, 1.165) is 60.7 Å². The number of para-hydroxylation sites is 1. The van der Waals surface area contributed by atoms with E-state index in [1.165, 1.54) is 36.7 Å². The van der Waals surface area contributed by atoms with Crippen LogP contribution in [0.3, 0.4) is 0 Å². The van der Waals surface area contributed by atoms with Gasteiger partial charge in [-0.25, -0.2) is 15.0 Å². The van der Waals surface area contributed by atoms with E-state index in [2.05, 4.69) is 150 Å². The van der Waals surface area contributed by atoms with Gasteiger partial charge in [-0.05, 0) is 65.7 Å². The number of thiophene rings is 1. The second kappa shape index (κ2) is 12.6. The van der Waals surface area contributed by atoms with Crippen molar-refractivity contribution in [2.75, 3.05) is 0 Å². The summed E-state index contributed by atoms with van der Waals surface area (Å²) in [4.78, 5) is 15.3. The second-order valence-electron chi connectivity index (χ2n) is 14.4. The summed E-state index contributed by atoms with van der Waals surface area (Å²) in [5, 5.41) is 6.89. The topological polar surface area (TPSA) is 56.7 Å². The summed E-state index contributed by atoms with van der Waals surface area (Å²) in [6.07, 6.45) is 0. The minimum absolute atomic E-state index is 0.611. The second-order valence-corrected chi connectivity index (χ2v) is 15.5. The molecule has 4 aromatic heterocycles. The Labute approximate surface area is 330 Å². The minimum Gasteiger partial charge on any atom is -0.454 e. The van der Waals surface area contributed by atoms with Gasteiger partial charge in [-0.2, -0.15) is 0 Å². The molecule has 0 aliphatic heterocycles. The van der Waals surface area contributed by atoms with E-state index in [4.69, 9.17) is 19.4 Å². The van der Waals surface area contributed by atoms with E-state index in [9.17, 15) is 0 Å². The third kappa shape index (κ3) is 5.12. The Bertz CT molecular complexity index is 3510. The Balaban J connectivity index is 1.03. The highest BCUT2D eigenvalue weighted by Crippen LogP contribution is 2.42. The average molecular weight is 747 g/mol. The predicted molar refractivity (Wildman–Crippen MR) is 236 cm³/mol. The Morgan fingerprint density at radius 1 is 0.386 bits per heavy atom. The Hall–Kier alpha value is -7.41. The first-order valence-electron chi connectivity index (χ1n) is 19.0. The van der Waals surface area contributed by atoms with Crippen LogP contribution in [0, 0.1) is 0 Å². The van der Waals surface area contributed by atoms with Crippen LogP contribution in [0.5, 0.6) is 0 Å². The molecule has 0 radical (unpaired) electrons. The fourth-order valence-corrected chi connectivity index (χ4v) is 9.48. The van der Waals surface area contributed by atoms with Crippen LogP contribution in [0.4, 0.5) is 0 Å². The summed E-state index contributed by atoms with van der Waals surface area (Å²) in [5.74, 6) is 1.88. The number of hydrogen-bond acceptors (Lipinski definition) is 5. The fourth-order valence-electron chi connectivity index (χ4n) is 8.34. The quantitative estimate of drug-likeness (QED) is 0.176. The third-order valence-electron chi connectivity index (χ3n) is 11.1. The van der Waals surface area contributed by atoms with Crippen LogP contribution in [0.1, 0.15) is 0 Å². The highest BCUT2D eigenvalue weighted by molar-refractivity contribution is 7.25. The maximum atomic E-state index is 6.82. The number of nitrogens with zero attached hydrogens (tertiary/aromatic N) is 4. The number of fused-ring (bicyclic) bond motifs is 10. The largest absolute Gasteiger partial charge is 0.454 e. The molecule has 57 heavy (non-hydrogen) atoms. The number of furan rings is 1. The number of aromatic nitrogens is 4. The minimum atomic E-state index is 0.611. The zero-order valence-corrected chi connectivity index (χ0v) is 31.2. The molecule has 266 valence electrons. The monoisotopic (exact) mass is 746 g/mol. The standard InChI is InChI=1S/C51H30N4OS/c1-3-11-31(12-4-1)32-19-23-36(24-20-32)55-43-17-9-7-15-37(43)40-26-27-41-42-29-34(22-28-44(42)56-48(41)47(40)55)50-52-49(33-13-5-2-6-14-33)53-51(54-50)35-21-25-39-38-16-8-10-18-45(38)57-46(39)30-35/h1-30H. The van der Waals surface area contributed by atoms with Gasteiger partial charge < -0.3 is 8.98 Å². The van der Waals surface area contributed by atoms with Crippen LogP contribution in [-0.4, -0.2) is 19.5 Å². The molecular formula is C51H30N4OS. The zero-order valence-electron chi connectivity index (χ0n) is 30.4. The Kier molecular flexibility index (Phi) is 7.03. The van der Waals surface area contributed by atoms with Gasteiger partial charge in [-0.3, -0.25) is 0 Å². The number of hydrogen-bond donors (Lipinski definition) is 0. The van der Waals surface area contributed by atoms with Gasteiger partial charge in [0.25, 0.3) is 0 Å². The van der Waals surface area contributed by atoms with Crippen molar-refractivity contribution in [3.8, 4) is 51.0 Å². The lowest BCUT2D eigenvalue weighted by molar-refractivity contribution is 0.671. The van der Waals surface area contributed by atoms with Gasteiger partial charge in [0.1, 0.15) is 5.58 Å². The maximum absolute atomic E-state index is 6.82. The molecule has 0 amide bonds. The van der Waals surface area contributed by atoms with Crippen molar-refractivity contribution in [1.82, 2.24) is 19.5 Å². The molecule has 0 spiro atoms. The van der Waals surface area contributed by atoms with Crippen molar-refractivity contribution in [2.24, 2.45) is 0 Å². The van der Waals surface area contributed by atoms with Crippen molar-refractivity contribution in [1.29, 1.82) is 0 Å². The first-order valence-corrected chi connectivity index (χ1v) is 19.8. The highest BCUT2D eigenvalue weighted by atomic mass is 32.1. The van der Waals surface area contributed by atoms with Crippen molar-refractivity contribution in [3.63, 3.8) is 0 Å². The summed E-state index contributed by atoms with van der Waals surface area (Å²) < 4.78 is 11.6. The van der Waals surface area contributed by atoms with Crippen LogP contribution in [-0.2, 0) is 0 Å². The van der Waals surface area contributed by atoms with E-state index < -0.39 is 0 Å². The number of rotatable bonds is 5. The summed E-state index contributed by atoms with van der Waals surface area (Å²) in [5.41, 5.74) is 10.1. The summed E-state index contributed by atoms with van der Waals surface area (Å²) in [6.45, 7) is 0. The van der Waals surface area contributed by atoms with Crippen LogP contribution >= 0.6 is 11.3 Å². The van der Waals surface area contributed by atoms with Gasteiger partial charge >= 0.3 is 0 Å². The Morgan fingerprint density at radius 2 is 0.947 bits per heavy atom. The molecule has 4 heterocycles. The van der Waals surface area contributed by atoms with Crippen molar-refractivity contribution < 1.29 is 4.42 Å². The zero-order chi connectivity index (χ0) is 37.5. The first-order chi connectivity index (χ1) is 28.2. The van der Waals surface area contributed by atoms with Crippen molar-refractivity contribution in [3.05, 3.63) is 182 Å². The van der Waals surface area contributed by atoms with E-state index in [-0.39, 0.29) is 0 Å². The molecule has 12 rings (SSSR count). The van der Waals surface area contributed by atoms with E-state index >= 15 is 0 Å². The normalized spacial score (nSPS) is 11.9. The molecule has 8 aromatic carbocycles. The molecule has 0 unspecified atom stereocenters. The molecule has 0 bridgehead atoms. The van der Waals surface area contributed by atoms with Crippen LogP contribution in [0.25, 0.3) is 115 Å². The lowest BCUT2D eigenvalue weighted by atomic mass is 10.1. The Morgan fingerprint density at radius 3 is 1.74 bits per heavy atom.